The van der Waals surface area contributed by atoms with E-state index in [1.165, 1.54) is 0 Å². The van der Waals surface area contributed by atoms with Crippen LogP contribution in [0.3, 0.4) is 0 Å². The molecule has 0 saturated carbocycles. The highest BCUT2D eigenvalue weighted by Gasteiger charge is 2.39. The number of halogens is 2. The van der Waals surface area contributed by atoms with E-state index in [1.807, 2.05) is 11.0 Å². The van der Waals surface area contributed by atoms with Gasteiger partial charge in [0.2, 0.25) is 0 Å². The summed E-state index contributed by atoms with van der Waals surface area (Å²) in [7, 11) is 0. The van der Waals surface area contributed by atoms with Gasteiger partial charge in [-0.2, -0.15) is 0 Å². The lowest BCUT2D eigenvalue weighted by Crippen LogP contribution is -2.40. The van der Waals surface area contributed by atoms with Crippen LogP contribution in [0.5, 0.6) is 0 Å². The van der Waals surface area contributed by atoms with Crippen LogP contribution in [0.4, 0.5) is 0 Å². The molecule has 1 atom stereocenters. The molecule has 1 saturated heterocycles. The van der Waals surface area contributed by atoms with Crippen LogP contribution in [0.15, 0.2) is 39.6 Å². The van der Waals surface area contributed by atoms with Gasteiger partial charge in [0.15, 0.2) is 6.10 Å². The molecule has 3 rings (SSSR count). The van der Waals surface area contributed by atoms with Crippen molar-refractivity contribution in [3.8, 4) is 0 Å². The van der Waals surface area contributed by atoms with Crippen molar-refractivity contribution in [1.82, 2.24) is 4.90 Å². The minimum atomic E-state index is -0.488. The van der Waals surface area contributed by atoms with Crippen molar-refractivity contribution in [1.29, 1.82) is 0 Å². The van der Waals surface area contributed by atoms with Gasteiger partial charge in [-0.15, -0.1) is 0 Å². The third-order valence-corrected chi connectivity index (χ3v) is 3.79. The topological polar surface area (TPSA) is 51.1 Å². The molecular formula is C13H12Cl2N2O3. The summed E-state index contributed by atoms with van der Waals surface area (Å²) in [6.45, 7) is 1.28. The molecular weight excluding hydrogens is 303 g/mol. The third-order valence-electron chi connectivity index (χ3n) is 3.22. The van der Waals surface area contributed by atoms with Crippen LogP contribution in [-0.2, 0) is 14.3 Å². The second-order valence-corrected chi connectivity index (χ2v) is 5.40. The maximum atomic E-state index is 11.5. The standard InChI is InChI=1S/C13H12Cl2N2O3/c14-10-3-1-2-8(4-16-10)5-17-7-19-6-9-12(17)11(15)13(18)20-9/h1,3-4,9H,2,5-7H2. The molecule has 1 unspecified atom stereocenters. The predicted molar refractivity (Wildman–Crippen MR) is 75.4 cm³/mol. The zero-order valence-electron chi connectivity index (χ0n) is 10.5. The van der Waals surface area contributed by atoms with Gasteiger partial charge in [-0.3, -0.25) is 0 Å². The van der Waals surface area contributed by atoms with E-state index in [9.17, 15) is 4.79 Å². The highest BCUT2D eigenvalue weighted by atomic mass is 35.5. The molecule has 0 aliphatic carbocycles. The number of hydrogen-bond acceptors (Lipinski definition) is 5. The maximum Gasteiger partial charge on any atom is 0.352 e. The summed E-state index contributed by atoms with van der Waals surface area (Å²) < 4.78 is 10.6. The minimum Gasteiger partial charge on any atom is -0.449 e. The lowest BCUT2D eigenvalue weighted by Gasteiger charge is -2.33. The van der Waals surface area contributed by atoms with Crippen molar-refractivity contribution in [2.75, 3.05) is 19.9 Å². The number of aliphatic imine (C=N–C) groups is 1. The third kappa shape index (κ3) is 2.61. The van der Waals surface area contributed by atoms with Gasteiger partial charge >= 0.3 is 5.97 Å². The normalized spacial score (nSPS) is 26.0. The molecule has 0 aromatic heterocycles. The molecule has 3 aliphatic heterocycles. The van der Waals surface area contributed by atoms with Crippen molar-refractivity contribution < 1.29 is 14.3 Å². The first-order valence-electron chi connectivity index (χ1n) is 6.16. The average molecular weight is 315 g/mol. The van der Waals surface area contributed by atoms with E-state index in [1.54, 1.807) is 12.3 Å². The van der Waals surface area contributed by atoms with Crippen molar-refractivity contribution >= 4 is 34.3 Å². The molecule has 0 spiro atoms. The van der Waals surface area contributed by atoms with E-state index in [0.29, 0.717) is 30.8 Å². The van der Waals surface area contributed by atoms with E-state index < -0.39 is 12.1 Å². The number of allylic oxidation sites excluding steroid dienone is 2. The summed E-state index contributed by atoms with van der Waals surface area (Å²) in [6, 6.07) is 0. The first-order chi connectivity index (χ1) is 9.65. The van der Waals surface area contributed by atoms with Crippen molar-refractivity contribution in [2.24, 2.45) is 4.99 Å². The van der Waals surface area contributed by atoms with Gasteiger partial charge < -0.3 is 14.4 Å². The molecule has 106 valence electrons. The smallest absolute Gasteiger partial charge is 0.352 e. The highest BCUT2D eigenvalue weighted by Crippen LogP contribution is 2.32. The molecule has 0 radical (unpaired) electrons. The number of nitrogens with zero attached hydrogens (tertiary/aromatic N) is 2. The lowest BCUT2D eigenvalue weighted by atomic mass is 10.1. The molecule has 0 N–H and O–H groups in total. The van der Waals surface area contributed by atoms with Crippen LogP contribution in [0.25, 0.3) is 0 Å². The quantitative estimate of drug-likeness (QED) is 0.733. The van der Waals surface area contributed by atoms with Crippen molar-refractivity contribution in [2.45, 2.75) is 12.5 Å². The number of esters is 1. The van der Waals surface area contributed by atoms with Crippen molar-refractivity contribution in [3.05, 3.63) is 34.7 Å². The SMILES string of the molecule is O=C1OC2COCN(CC3=CN=C(Cl)C=CC3)C2=C1Cl. The Labute approximate surface area is 126 Å². The summed E-state index contributed by atoms with van der Waals surface area (Å²) in [4.78, 5) is 17.5. The molecule has 0 bridgehead atoms. The van der Waals surface area contributed by atoms with Gasteiger partial charge in [0.05, 0.1) is 12.3 Å². The Morgan fingerprint density at radius 1 is 1.45 bits per heavy atom. The zero-order valence-corrected chi connectivity index (χ0v) is 12.0. The summed E-state index contributed by atoms with van der Waals surface area (Å²) in [5.74, 6) is -0.488. The molecule has 20 heavy (non-hydrogen) atoms. The Balaban J connectivity index is 1.80. The van der Waals surface area contributed by atoms with E-state index in [-0.39, 0.29) is 5.03 Å². The number of ether oxygens (including phenoxy) is 2. The number of fused-ring (bicyclic) bond motifs is 1. The first kappa shape index (κ1) is 13.7. The summed E-state index contributed by atoms with van der Waals surface area (Å²) >= 11 is 11.9. The average Bonchev–Trinajstić information content (AvgIpc) is 2.60. The summed E-state index contributed by atoms with van der Waals surface area (Å²) in [5, 5.41) is 0.592. The van der Waals surface area contributed by atoms with Crippen LogP contribution >= 0.6 is 23.2 Å². The molecule has 0 aromatic rings. The van der Waals surface area contributed by atoms with Gasteiger partial charge in [-0.05, 0) is 18.1 Å². The van der Waals surface area contributed by atoms with E-state index >= 15 is 0 Å². The number of rotatable bonds is 2. The van der Waals surface area contributed by atoms with Gasteiger partial charge in [-0.1, -0.05) is 29.3 Å². The maximum absolute atomic E-state index is 11.5. The lowest BCUT2D eigenvalue weighted by molar-refractivity contribution is -0.145. The molecule has 0 amide bonds. The fourth-order valence-electron chi connectivity index (χ4n) is 2.32. The second kappa shape index (κ2) is 5.60. The number of carbonyl (C=O) groups is 1. The Hall–Kier alpha value is -1.30. The number of carbonyl (C=O) groups excluding carboxylic acids is 1. The Kier molecular flexibility index (Phi) is 3.83. The van der Waals surface area contributed by atoms with Gasteiger partial charge in [0, 0.05) is 12.7 Å². The largest absolute Gasteiger partial charge is 0.449 e. The minimum absolute atomic E-state index is 0.143. The Bertz CT molecular complexity index is 566. The Morgan fingerprint density at radius 2 is 2.30 bits per heavy atom. The van der Waals surface area contributed by atoms with E-state index in [4.69, 9.17) is 32.7 Å². The van der Waals surface area contributed by atoms with Crippen LogP contribution < -0.4 is 0 Å². The second-order valence-electron chi connectivity index (χ2n) is 4.64. The molecule has 0 aromatic carbocycles. The van der Waals surface area contributed by atoms with E-state index in [0.717, 1.165) is 12.0 Å². The molecule has 3 aliphatic rings. The van der Waals surface area contributed by atoms with Gasteiger partial charge in [0.1, 0.15) is 16.9 Å². The van der Waals surface area contributed by atoms with Gasteiger partial charge in [-0.25, -0.2) is 9.79 Å². The fraction of sp³-hybridized carbons (Fsp3) is 0.385. The van der Waals surface area contributed by atoms with Crippen LogP contribution in [-0.4, -0.2) is 42.0 Å². The predicted octanol–water partition coefficient (Wildman–Crippen LogP) is 2.13. The zero-order chi connectivity index (χ0) is 14.1. The summed E-state index contributed by atoms with van der Waals surface area (Å²) in [5.41, 5.74) is 1.75. The van der Waals surface area contributed by atoms with Crippen LogP contribution in [0.2, 0.25) is 0 Å². The highest BCUT2D eigenvalue weighted by molar-refractivity contribution is 6.68. The molecule has 7 heteroatoms. The molecule has 3 heterocycles. The van der Waals surface area contributed by atoms with E-state index in [2.05, 4.69) is 4.99 Å². The van der Waals surface area contributed by atoms with Crippen LogP contribution in [0.1, 0.15) is 6.42 Å². The van der Waals surface area contributed by atoms with Crippen molar-refractivity contribution in [3.63, 3.8) is 0 Å². The van der Waals surface area contributed by atoms with Crippen LogP contribution in [0, 0.1) is 0 Å². The summed E-state index contributed by atoms with van der Waals surface area (Å²) in [6.07, 6.45) is 5.77. The fourth-order valence-corrected chi connectivity index (χ4v) is 2.74. The number of hydrogen-bond donors (Lipinski definition) is 0. The first-order valence-corrected chi connectivity index (χ1v) is 6.92. The Morgan fingerprint density at radius 3 is 3.15 bits per heavy atom. The molecule has 1 fully saturated rings. The monoisotopic (exact) mass is 314 g/mol. The van der Waals surface area contributed by atoms with Gasteiger partial charge in [0.25, 0.3) is 0 Å². The molecule has 5 nitrogen and oxygen atoms in total.